The normalized spacial score (nSPS) is 23.0. The van der Waals surface area contributed by atoms with Gasteiger partial charge >= 0.3 is 5.97 Å². The number of amides is 1. The fourth-order valence-corrected chi connectivity index (χ4v) is 4.76. The molecule has 0 radical (unpaired) electrons. The summed E-state index contributed by atoms with van der Waals surface area (Å²) in [5, 5.41) is 2.97. The number of esters is 1. The van der Waals surface area contributed by atoms with E-state index in [4.69, 9.17) is 4.74 Å². The van der Waals surface area contributed by atoms with Gasteiger partial charge in [-0.3, -0.25) is 9.59 Å². The van der Waals surface area contributed by atoms with Crippen molar-refractivity contribution >= 4 is 17.6 Å². The Labute approximate surface area is 172 Å². The average molecular weight is 389 g/mol. The van der Waals surface area contributed by atoms with E-state index < -0.39 is 5.41 Å². The monoisotopic (exact) mass is 389 g/mol. The quantitative estimate of drug-likeness (QED) is 0.603. The van der Waals surface area contributed by atoms with Crippen molar-refractivity contribution in [3.63, 3.8) is 0 Å². The molecular formula is C25H27NO3. The van der Waals surface area contributed by atoms with Gasteiger partial charge in [-0.2, -0.15) is 0 Å². The Bertz CT molecular complexity index is 976. The second-order valence-electron chi connectivity index (χ2n) is 8.61. The van der Waals surface area contributed by atoms with E-state index in [-0.39, 0.29) is 17.8 Å². The molecule has 29 heavy (non-hydrogen) atoms. The van der Waals surface area contributed by atoms with E-state index in [1.54, 1.807) is 0 Å². The van der Waals surface area contributed by atoms with Crippen molar-refractivity contribution in [3.8, 4) is 0 Å². The second kappa shape index (κ2) is 7.51. The average Bonchev–Trinajstić information content (AvgIpc) is 3.13. The molecule has 1 saturated heterocycles. The van der Waals surface area contributed by atoms with Crippen molar-refractivity contribution in [2.75, 3.05) is 11.9 Å². The number of aryl methyl sites for hydroxylation is 2. The standard InChI is InChI=1S/C25H27NO3/c1-16-4-7-20(18(3)10-16)12-23(27)26-22-8-5-19(6-9-22)14-25-13-17(2)11-21(25)15-29-24(25)28/h4-10,21H,2,11-15H2,1,3H3,(H,26,27). The Morgan fingerprint density at radius 2 is 1.97 bits per heavy atom. The van der Waals surface area contributed by atoms with Crippen molar-refractivity contribution in [2.45, 2.75) is 39.5 Å². The van der Waals surface area contributed by atoms with Gasteiger partial charge in [0.2, 0.25) is 5.91 Å². The van der Waals surface area contributed by atoms with Gasteiger partial charge in [-0.1, -0.05) is 48.0 Å². The third-order valence-electron chi connectivity index (χ3n) is 6.31. The van der Waals surface area contributed by atoms with Crippen LogP contribution in [0.25, 0.3) is 0 Å². The Morgan fingerprint density at radius 1 is 1.21 bits per heavy atom. The molecule has 2 atom stereocenters. The molecule has 2 aromatic carbocycles. The highest BCUT2D eigenvalue weighted by atomic mass is 16.5. The number of hydrogen-bond donors (Lipinski definition) is 1. The molecule has 4 nitrogen and oxygen atoms in total. The zero-order valence-electron chi connectivity index (χ0n) is 17.1. The predicted octanol–water partition coefficient (Wildman–Crippen LogP) is 4.54. The Morgan fingerprint density at radius 3 is 2.69 bits per heavy atom. The first-order valence-electron chi connectivity index (χ1n) is 10.1. The number of ether oxygens (including phenoxy) is 1. The largest absolute Gasteiger partial charge is 0.465 e. The number of cyclic esters (lactones) is 1. The van der Waals surface area contributed by atoms with Crippen molar-refractivity contribution in [2.24, 2.45) is 11.3 Å². The highest BCUT2D eigenvalue weighted by molar-refractivity contribution is 5.92. The number of carbonyl (C=O) groups excluding carboxylic acids is 2. The summed E-state index contributed by atoms with van der Waals surface area (Å²) in [6, 6.07) is 13.9. The zero-order valence-corrected chi connectivity index (χ0v) is 17.1. The van der Waals surface area contributed by atoms with Crippen LogP contribution in [0.3, 0.4) is 0 Å². The molecule has 2 aliphatic rings. The van der Waals surface area contributed by atoms with Crippen LogP contribution in [0.15, 0.2) is 54.6 Å². The predicted molar refractivity (Wildman–Crippen MR) is 114 cm³/mol. The van der Waals surface area contributed by atoms with Gasteiger partial charge in [0.1, 0.15) is 0 Å². The van der Waals surface area contributed by atoms with Gasteiger partial charge in [0.25, 0.3) is 0 Å². The Balaban J connectivity index is 1.41. The number of allylic oxidation sites excluding steroid dienone is 1. The Kier molecular flexibility index (Phi) is 5.03. The van der Waals surface area contributed by atoms with E-state index in [2.05, 4.69) is 18.0 Å². The molecule has 4 rings (SSSR count). The van der Waals surface area contributed by atoms with Crippen molar-refractivity contribution in [3.05, 3.63) is 76.9 Å². The SMILES string of the molecule is C=C1CC2COC(=O)C2(Cc2ccc(NC(=O)Cc3ccc(C)cc3C)cc2)C1. The summed E-state index contributed by atoms with van der Waals surface area (Å²) in [7, 11) is 0. The number of rotatable bonds is 5. The van der Waals surface area contributed by atoms with E-state index in [9.17, 15) is 9.59 Å². The van der Waals surface area contributed by atoms with Gasteiger partial charge in [-0.15, -0.1) is 0 Å². The maximum atomic E-state index is 12.4. The maximum absolute atomic E-state index is 12.4. The van der Waals surface area contributed by atoms with Crippen LogP contribution in [0.1, 0.15) is 35.1 Å². The zero-order chi connectivity index (χ0) is 20.6. The van der Waals surface area contributed by atoms with E-state index in [1.807, 2.05) is 50.2 Å². The molecule has 2 fully saturated rings. The molecular weight excluding hydrogens is 362 g/mol. The van der Waals surface area contributed by atoms with E-state index in [0.29, 0.717) is 25.9 Å². The number of nitrogens with one attached hydrogen (secondary N) is 1. The first-order valence-corrected chi connectivity index (χ1v) is 10.1. The number of anilines is 1. The highest BCUT2D eigenvalue weighted by Gasteiger charge is 2.55. The summed E-state index contributed by atoms with van der Waals surface area (Å²) >= 11 is 0. The third-order valence-corrected chi connectivity index (χ3v) is 6.31. The molecule has 4 heteroatoms. The highest BCUT2D eigenvalue weighted by Crippen LogP contribution is 2.52. The fourth-order valence-electron chi connectivity index (χ4n) is 4.76. The number of benzene rings is 2. The number of fused-ring (bicyclic) bond motifs is 1. The van der Waals surface area contributed by atoms with E-state index in [1.165, 1.54) is 5.56 Å². The molecule has 1 aliphatic heterocycles. The van der Waals surface area contributed by atoms with Crippen LogP contribution in [0.4, 0.5) is 5.69 Å². The summed E-state index contributed by atoms with van der Waals surface area (Å²) in [4.78, 5) is 24.9. The molecule has 0 spiro atoms. The van der Waals surface area contributed by atoms with E-state index in [0.717, 1.165) is 34.4 Å². The van der Waals surface area contributed by atoms with Gasteiger partial charge in [0.05, 0.1) is 18.4 Å². The lowest BCUT2D eigenvalue weighted by molar-refractivity contribution is -0.146. The minimum absolute atomic E-state index is 0.0326. The molecule has 1 N–H and O–H groups in total. The van der Waals surface area contributed by atoms with Gasteiger partial charge in [-0.25, -0.2) is 0 Å². The van der Waals surface area contributed by atoms with Crippen molar-refractivity contribution in [1.82, 2.24) is 0 Å². The van der Waals surface area contributed by atoms with Gasteiger partial charge in [0, 0.05) is 11.6 Å². The van der Waals surface area contributed by atoms with Crippen LogP contribution in [-0.2, 0) is 27.2 Å². The molecule has 1 heterocycles. The van der Waals surface area contributed by atoms with E-state index >= 15 is 0 Å². The van der Waals surface area contributed by atoms with Crippen LogP contribution in [0.5, 0.6) is 0 Å². The van der Waals surface area contributed by atoms with Gasteiger partial charge in [0.15, 0.2) is 0 Å². The first-order chi connectivity index (χ1) is 13.9. The molecule has 2 unspecified atom stereocenters. The second-order valence-corrected chi connectivity index (χ2v) is 8.61. The third kappa shape index (κ3) is 3.84. The molecule has 0 bridgehead atoms. The summed E-state index contributed by atoms with van der Waals surface area (Å²) < 4.78 is 5.36. The van der Waals surface area contributed by atoms with Crippen molar-refractivity contribution < 1.29 is 14.3 Å². The van der Waals surface area contributed by atoms with Crippen LogP contribution >= 0.6 is 0 Å². The van der Waals surface area contributed by atoms with Crippen molar-refractivity contribution in [1.29, 1.82) is 0 Å². The molecule has 1 amide bonds. The molecule has 2 aromatic rings. The summed E-state index contributed by atoms with van der Waals surface area (Å²) in [5.74, 6) is 0.112. The Hall–Kier alpha value is -2.88. The van der Waals surface area contributed by atoms with Crippen LogP contribution in [0.2, 0.25) is 0 Å². The number of carbonyl (C=O) groups is 2. The van der Waals surface area contributed by atoms with Gasteiger partial charge < -0.3 is 10.1 Å². The topological polar surface area (TPSA) is 55.4 Å². The van der Waals surface area contributed by atoms with Crippen LogP contribution in [-0.4, -0.2) is 18.5 Å². The summed E-state index contributed by atoms with van der Waals surface area (Å²) in [6.45, 7) is 8.68. The van der Waals surface area contributed by atoms with Crippen LogP contribution in [0, 0.1) is 25.2 Å². The maximum Gasteiger partial charge on any atom is 0.313 e. The fraction of sp³-hybridized carbons (Fsp3) is 0.360. The lowest BCUT2D eigenvalue weighted by atomic mass is 9.75. The first kappa shape index (κ1) is 19.4. The minimum atomic E-state index is -0.454. The molecule has 0 aromatic heterocycles. The summed E-state index contributed by atoms with van der Waals surface area (Å²) in [5.41, 5.74) is 5.90. The molecule has 150 valence electrons. The molecule has 1 aliphatic carbocycles. The molecule has 1 saturated carbocycles. The summed E-state index contributed by atoms with van der Waals surface area (Å²) in [6.07, 6.45) is 2.60. The minimum Gasteiger partial charge on any atom is -0.465 e. The van der Waals surface area contributed by atoms with Gasteiger partial charge in [-0.05, 0) is 61.9 Å². The smallest absolute Gasteiger partial charge is 0.313 e. The lowest BCUT2D eigenvalue weighted by Gasteiger charge is -2.24. The lowest BCUT2D eigenvalue weighted by Crippen LogP contribution is -2.31. The van der Waals surface area contributed by atoms with Crippen LogP contribution < -0.4 is 5.32 Å². The number of hydrogen-bond acceptors (Lipinski definition) is 3.